The van der Waals surface area contributed by atoms with Crippen LogP contribution >= 0.6 is 15.6 Å². The average molecular weight is 1490 g/mol. The predicted octanol–water partition coefficient (Wildman–Crippen LogP) is 24.8. The molecule has 606 valence electrons. The second-order valence-corrected chi connectivity index (χ2v) is 34.7. The van der Waals surface area contributed by atoms with Crippen LogP contribution in [0, 0.1) is 23.7 Å². The van der Waals surface area contributed by atoms with E-state index in [2.05, 4.69) is 55.4 Å². The largest absolute Gasteiger partial charge is 0.472 e. The molecule has 0 aromatic rings. The van der Waals surface area contributed by atoms with Gasteiger partial charge in [-0.25, -0.2) is 9.13 Å². The average Bonchev–Trinajstić information content (AvgIpc) is 0.909. The molecule has 0 saturated heterocycles. The van der Waals surface area contributed by atoms with Crippen LogP contribution in [-0.2, 0) is 65.4 Å². The molecule has 0 spiro atoms. The fraction of sp³-hybridized carbons (Fsp3) is 0.952. The smallest absolute Gasteiger partial charge is 0.462 e. The molecular formula is C83H162O17P2. The summed E-state index contributed by atoms with van der Waals surface area (Å²) in [5.74, 6) is 0.981. The molecule has 3 unspecified atom stereocenters. The zero-order chi connectivity index (χ0) is 75.3. The molecule has 102 heavy (non-hydrogen) atoms. The lowest BCUT2D eigenvalue weighted by Gasteiger charge is -2.21. The molecule has 0 aliphatic heterocycles. The van der Waals surface area contributed by atoms with Crippen molar-refractivity contribution in [2.24, 2.45) is 23.7 Å². The first-order valence-corrected chi connectivity index (χ1v) is 45.7. The van der Waals surface area contributed by atoms with Gasteiger partial charge in [0.25, 0.3) is 0 Å². The molecule has 5 atom stereocenters. The van der Waals surface area contributed by atoms with Crippen molar-refractivity contribution in [3.63, 3.8) is 0 Å². The molecular weight excluding hydrogens is 1330 g/mol. The second-order valence-electron chi connectivity index (χ2n) is 31.8. The molecule has 0 rings (SSSR count). The van der Waals surface area contributed by atoms with Crippen molar-refractivity contribution < 1.29 is 80.2 Å². The van der Waals surface area contributed by atoms with Gasteiger partial charge in [0.15, 0.2) is 12.2 Å². The molecule has 0 saturated carbocycles. The summed E-state index contributed by atoms with van der Waals surface area (Å²) in [5, 5.41) is 10.7. The summed E-state index contributed by atoms with van der Waals surface area (Å²) in [6, 6.07) is 0. The number of carbonyl (C=O) groups excluding carboxylic acids is 4. The van der Waals surface area contributed by atoms with Crippen molar-refractivity contribution in [2.45, 2.75) is 446 Å². The Hall–Kier alpha value is -1.94. The Bertz CT molecular complexity index is 1990. The molecule has 0 radical (unpaired) electrons. The number of carbonyl (C=O) groups is 4. The Kier molecular flexibility index (Phi) is 70.6. The van der Waals surface area contributed by atoms with Gasteiger partial charge < -0.3 is 33.8 Å². The monoisotopic (exact) mass is 1490 g/mol. The van der Waals surface area contributed by atoms with Crippen LogP contribution in [0.2, 0.25) is 0 Å². The number of aliphatic hydroxyl groups excluding tert-OH is 1. The second kappa shape index (κ2) is 72.0. The Morgan fingerprint density at radius 2 is 0.412 bits per heavy atom. The van der Waals surface area contributed by atoms with Gasteiger partial charge in [0.05, 0.1) is 26.4 Å². The molecule has 19 heteroatoms. The quantitative estimate of drug-likeness (QED) is 0.0222. The first-order chi connectivity index (χ1) is 49.1. The maximum Gasteiger partial charge on any atom is 0.472 e. The third-order valence-corrected chi connectivity index (χ3v) is 21.2. The highest BCUT2D eigenvalue weighted by atomic mass is 31.2. The summed E-state index contributed by atoms with van der Waals surface area (Å²) in [5.41, 5.74) is 0. The molecule has 0 aromatic carbocycles. The van der Waals surface area contributed by atoms with E-state index < -0.39 is 97.5 Å². The van der Waals surface area contributed by atoms with Crippen LogP contribution in [0.5, 0.6) is 0 Å². The van der Waals surface area contributed by atoms with E-state index in [0.29, 0.717) is 31.6 Å². The Labute approximate surface area is 626 Å². The van der Waals surface area contributed by atoms with Crippen molar-refractivity contribution in [3.8, 4) is 0 Å². The topological polar surface area (TPSA) is 237 Å². The molecule has 0 amide bonds. The lowest BCUT2D eigenvalue weighted by molar-refractivity contribution is -0.161. The molecule has 3 N–H and O–H groups in total. The highest BCUT2D eigenvalue weighted by molar-refractivity contribution is 7.47. The van der Waals surface area contributed by atoms with E-state index in [4.69, 9.17) is 37.0 Å². The number of hydrogen-bond acceptors (Lipinski definition) is 15. The highest BCUT2D eigenvalue weighted by Crippen LogP contribution is 2.45. The normalized spacial score (nSPS) is 14.0. The van der Waals surface area contributed by atoms with E-state index in [-0.39, 0.29) is 25.7 Å². The molecule has 0 heterocycles. The number of phosphoric ester groups is 2. The summed E-state index contributed by atoms with van der Waals surface area (Å²) in [4.78, 5) is 73.1. The number of hydrogen-bond donors (Lipinski definition) is 3. The van der Waals surface area contributed by atoms with Crippen LogP contribution in [0.15, 0.2) is 0 Å². The fourth-order valence-electron chi connectivity index (χ4n) is 12.8. The van der Waals surface area contributed by atoms with E-state index in [0.717, 1.165) is 114 Å². The standard InChI is InChI=1S/C83H162O17P2/c1-73(2)59-51-43-35-28-22-16-13-11-9-10-12-14-18-26-32-40-49-57-65-82(87)100-79(70-94-81(86)64-56-48-42-34-38-46-54-62-76(7)8)72-98-102(91,92)96-68-77(84)67-95-101(89,90)97-71-78(99-83(88)66-58-50-41-33-27-21-20-24-30-37-45-53-61-75(5)6)69-93-80(85)63-55-47-39-31-25-19-15-17-23-29-36-44-52-60-74(3)4/h73-79,84H,9-72H2,1-8H3,(H,89,90)(H,91,92)/t77?,78-,79-/m1/s1. The van der Waals surface area contributed by atoms with E-state index in [1.165, 1.54) is 225 Å². The third-order valence-electron chi connectivity index (χ3n) is 19.3. The van der Waals surface area contributed by atoms with E-state index in [9.17, 15) is 43.2 Å². The van der Waals surface area contributed by atoms with Crippen molar-refractivity contribution in [1.82, 2.24) is 0 Å². The molecule has 17 nitrogen and oxygen atoms in total. The molecule has 0 fully saturated rings. The molecule has 0 aromatic heterocycles. The van der Waals surface area contributed by atoms with Crippen LogP contribution in [0.25, 0.3) is 0 Å². The minimum atomic E-state index is -4.96. The zero-order valence-electron chi connectivity index (χ0n) is 67.2. The predicted molar refractivity (Wildman–Crippen MR) is 418 cm³/mol. The van der Waals surface area contributed by atoms with Crippen LogP contribution in [-0.4, -0.2) is 96.7 Å². The van der Waals surface area contributed by atoms with Gasteiger partial charge in [-0.05, 0) is 49.4 Å². The zero-order valence-corrected chi connectivity index (χ0v) is 69.0. The van der Waals surface area contributed by atoms with Gasteiger partial charge in [-0.15, -0.1) is 0 Å². The van der Waals surface area contributed by atoms with E-state index in [1.54, 1.807) is 0 Å². The van der Waals surface area contributed by atoms with Gasteiger partial charge in [0.1, 0.15) is 19.3 Å². The number of aliphatic hydroxyl groups is 1. The lowest BCUT2D eigenvalue weighted by Crippen LogP contribution is -2.30. The number of esters is 4. The van der Waals surface area contributed by atoms with Gasteiger partial charge in [0, 0.05) is 25.7 Å². The lowest BCUT2D eigenvalue weighted by atomic mass is 10.0. The van der Waals surface area contributed by atoms with Gasteiger partial charge in [0.2, 0.25) is 0 Å². The van der Waals surface area contributed by atoms with E-state index >= 15 is 0 Å². The Morgan fingerprint density at radius 3 is 0.608 bits per heavy atom. The van der Waals surface area contributed by atoms with Crippen LogP contribution < -0.4 is 0 Å². The first-order valence-electron chi connectivity index (χ1n) is 42.7. The summed E-state index contributed by atoms with van der Waals surface area (Å²) in [6.07, 6.45) is 59.8. The van der Waals surface area contributed by atoms with Crippen molar-refractivity contribution in [3.05, 3.63) is 0 Å². The van der Waals surface area contributed by atoms with Gasteiger partial charge >= 0.3 is 39.5 Å². The number of unbranched alkanes of at least 4 members (excludes halogenated alkanes) is 46. The first kappa shape index (κ1) is 100. The summed E-state index contributed by atoms with van der Waals surface area (Å²) in [7, 11) is -9.92. The van der Waals surface area contributed by atoms with Crippen molar-refractivity contribution in [1.29, 1.82) is 0 Å². The van der Waals surface area contributed by atoms with Crippen LogP contribution in [0.4, 0.5) is 0 Å². The van der Waals surface area contributed by atoms with Crippen molar-refractivity contribution in [2.75, 3.05) is 39.6 Å². The maximum absolute atomic E-state index is 13.1. The number of rotatable bonds is 80. The third kappa shape index (κ3) is 76.3. The van der Waals surface area contributed by atoms with Gasteiger partial charge in [-0.1, -0.05) is 376 Å². The van der Waals surface area contributed by atoms with E-state index in [1.807, 2.05) is 0 Å². The summed E-state index contributed by atoms with van der Waals surface area (Å²) in [6.45, 7) is 14.3. The molecule has 0 bridgehead atoms. The number of phosphoric acid groups is 2. The summed E-state index contributed by atoms with van der Waals surface area (Å²) < 4.78 is 68.8. The fourth-order valence-corrected chi connectivity index (χ4v) is 14.4. The van der Waals surface area contributed by atoms with Gasteiger partial charge in [-0.2, -0.15) is 0 Å². The van der Waals surface area contributed by atoms with Crippen LogP contribution in [0.1, 0.15) is 428 Å². The SMILES string of the molecule is CC(C)CCCCCCCCCCCCCCCCCCCCC(=O)O[C@H](COC(=O)CCCCCCCCCC(C)C)COP(=O)(O)OCC(O)COP(=O)(O)OC[C@@H](COC(=O)CCCCCCCCCCCCCCCC(C)C)OC(=O)CCCCCCCCCCCCCCC(C)C. The summed E-state index contributed by atoms with van der Waals surface area (Å²) >= 11 is 0. The minimum Gasteiger partial charge on any atom is -0.462 e. The highest BCUT2D eigenvalue weighted by Gasteiger charge is 2.30. The Balaban J connectivity index is 5.21. The Morgan fingerprint density at radius 1 is 0.245 bits per heavy atom. The molecule has 0 aliphatic rings. The molecule has 0 aliphatic carbocycles. The minimum absolute atomic E-state index is 0.107. The van der Waals surface area contributed by atoms with Gasteiger partial charge in [-0.3, -0.25) is 37.3 Å². The number of ether oxygens (including phenoxy) is 4. The maximum atomic E-state index is 13.1. The van der Waals surface area contributed by atoms with Crippen LogP contribution in [0.3, 0.4) is 0 Å². The van der Waals surface area contributed by atoms with Crippen molar-refractivity contribution >= 4 is 39.5 Å².